The van der Waals surface area contributed by atoms with Crippen LogP contribution in [0.5, 0.6) is 5.75 Å². The van der Waals surface area contributed by atoms with Gasteiger partial charge in [-0.1, -0.05) is 65.3 Å². The number of ether oxygens (including phenoxy) is 1. The molecule has 0 aromatic heterocycles. The number of halogens is 1. The molecule has 3 nitrogen and oxygen atoms in total. The fourth-order valence-electron chi connectivity index (χ4n) is 4.21. The lowest BCUT2D eigenvalue weighted by Gasteiger charge is -2.34. The smallest absolute Gasteiger partial charge is 0.139 e. The first kappa shape index (κ1) is 22.1. The Morgan fingerprint density at radius 1 is 0.862 bits per heavy atom. The van der Waals surface area contributed by atoms with Gasteiger partial charge in [0.05, 0.1) is 13.2 Å². The van der Waals surface area contributed by atoms with E-state index < -0.39 is 0 Å². The van der Waals surface area contributed by atoms with Gasteiger partial charge in [0.1, 0.15) is 24.9 Å². The van der Waals surface area contributed by atoms with Crippen LogP contribution in [0.15, 0.2) is 36.4 Å². The molecule has 158 valence electrons. The third-order valence-corrected chi connectivity index (χ3v) is 6.08. The van der Waals surface area contributed by atoms with Gasteiger partial charge in [0.15, 0.2) is 0 Å². The Balaban J connectivity index is 2.22. The molecule has 2 N–H and O–H groups in total. The number of benzene rings is 2. The summed E-state index contributed by atoms with van der Waals surface area (Å²) >= 11 is 6.18. The Morgan fingerprint density at radius 3 is 1.79 bits per heavy atom. The minimum atomic E-state index is -0.148. The van der Waals surface area contributed by atoms with E-state index in [0.29, 0.717) is 5.75 Å². The van der Waals surface area contributed by atoms with Gasteiger partial charge in [-0.2, -0.15) is 0 Å². The first-order chi connectivity index (χ1) is 13.5. The average molecular weight is 417 g/mol. The Kier molecular flexibility index (Phi) is 6.33. The summed E-state index contributed by atoms with van der Waals surface area (Å²) in [6, 6.07) is 12.8. The van der Waals surface area contributed by atoms with Crippen molar-refractivity contribution in [1.82, 2.24) is 0 Å². The van der Waals surface area contributed by atoms with Gasteiger partial charge in [0.2, 0.25) is 0 Å². The predicted octanol–water partition coefficient (Wildman–Crippen LogP) is 4.65. The van der Waals surface area contributed by atoms with Gasteiger partial charge in [-0.3, -0.25) is 0 Å². The van der Waals surface area contributed by atoms with Gasteiger partial charge in [-0.15, -0.1) is 0 Å². The van der Waals surface area contributed by atoms with E-state index in [1.165, 1.54) is 16.0 Å². The van der Waals surface area contributed by atoms with Gasteiger partial charge in [-0.05, 0) is 35.1 Å². The Morgan fingerprint density at radius 2 is 1.34 bits per heavy atom. The summed E-state index contributed by atoms with van der Waals surface area (Å²) in [6.07, 6.45) is 0. The van der Waals surface area contributed by atoms with Gasteiger partial charge in [-0.25, -0.2) is 0 Å². The summed E-state index contributed by atoms with van der Waals surface area (Å²) in [4.78, 5) is 1.49. The standard InChI is InChI=1S/C25H34ClNO2/c1-24(2,3)20-15-18(16-21(23(20)28)25(4,5)6)22(27-11-13-29-14-12-27)17-7-9-19(26)10-8-17/h7-10,15-16,22,28H,11-14H2,1-6H3/p+1/t22-/m1/s1. The molecule has 0 spiro atoms. The van der Waals surface area contributed by atoms with Crippen LogP contribution in [0.25, 0.3) is 0 Å². The number of phenolic OH excluding ortho intramolecular Hbond substituents is 1. The third-order valence-electron chi connectivity index (χ3n) is 5.83. The molecule has 0 unspecified atom stereocenters. The van der Waals surface area contributed by atoms with Crippen LogP contribution in [0.2, 0.25) is 5.02 Å². The van der Waals surface area contributed by atoms with Crippen LogP contribution in [-0.4, -0.2) is 31.4 Å². The highest BCUT2D eigenvalue weighted by atomic mass is 35.5. The third kappa shape index (κ3) is 4.96. The van der Waals surface area contributed by atoms with Crippen LogP contribution in [0, 0.1) is 0 Å². The first-order valence-corrected chi connectivity index (χ1v) is 10.9. The second-order valence-corrected chi connectivity index (χ2v) is 10.7. The van der Waals surface area contributed by atoms with Gasteiger partial charge in [0, 0.05) is 27.3 Å². The van der Waals surface area contributed by atoms with Crippen LogP contribution in [-0.2, 0) is 15.6 Å². The molecule has 2 aromatic carbocycles. The quantitative estimate of drug-likeness (QED) is 0.763. The molecule has 3 rings (SSSR count). The maximum Gasteiger partial charge on any atom is 0.139 e. The van der Waals surface area contributed by atoms with Gasteiger partial charge in [0.25, 0.3) is 0 Å². The zero-order chi connectivity index (χ0) is 21.4. The fraction of sp³-hybridized carbons (Fsp3) is 0.520. The normalized spacial score (nSPS) is 17.3. The van der Waals surface area contributed by atoms with E-state index in [4.69, 9.17) is 16.3 Å². The van der Waals surface area contributed by atoms with Gasteiger partial charge < -0.3 is 14.7 Å². The van der Waals surface area contributed by atoms with Crippen LogP contribution in [0.1, 0.15) is 69.8 Å². The van der Waals surface area contributed by atoms with Crippen LogP contribution >= 0.6 is 11.6 Å². The number of hydrogen-bond acceptors (Lipinski definition) is 2. The number of phenols is 1. The molecule has 1 aliphatic heterocycles. The molecule has 1 heterocycles. The number of rotatable bonds is 3. The van der Waals surface area contributed by atoms with Crippen molar-refractivity contribution < 1.29 is 14.7 Å². The number of nitrogens with one attached hydrogen (secondary N) is 1. The second-order valence-electron chi connectivity index (χ2n) is 10.2. The van der Waals surface area contributed by atoms with E-state index in [-0.39, 0.29) is 16.9 Å². The highest BCUT2D eigenvalue weighted by Crippen LogP contribution is 2.41. The minimum Gasteiger partial charge on any atom is -0.507 e. The van der Waals surface area contributed by atoms with Crippen LogP contribution in [0.4, 0.5) is 0 Å². The maximum atomic E-state index is 11.1. The monoisotopic (exact) mass is 416 g/mol. The molecule has 0 bridgehead atoms. The van der Waals surface area contributed by atoms with E-state index >= 15 is 0 Å². The predicted molar refractivity (Wildman–Crippen MR) is 120 cm³/mol. The number of aromatic hydroxyl groups is 1. The minimum absolute atomic E-state index is 0.148. The Labute approximate surface area is 180 Å². The van der Waals surface area contributed by atoms with Crippen molar-refractivity contribution >= 4 is 11.6 Å². The first-order valence-electron chi connectivity index (χ1n) is 10.5. The molecule has 0 amide bonds. The molecule has 1 atom stereocenters. The molecule has 1 saturated heterocycles. The molecule has 2 aromatic rings. The fourth-order valence-corrected chi connectivity index (χ4v) is 4.33. The molecule has 1 aliphatic rings. The van der Waals surface area contributed by atoms with E-state index in [0.717, 1.165) is 42.5 Å². The molecule has 1 fully saturated rings. The topological polar surface area (TPSA) is 33.9 Å². The maximum absolute atomic E-state index is 11.1. The second kappa shape index (κ2) is 8.29. The van der Waals surface area contributed by atoms with Crippen molar-refractivity contribution in [1.29, 1.82) is 0 Å². The van der Waals surface area contributed by atoms with Crippen LogP contribution < -0.4 is 4.90 Å². The van der Waals surface area contributed by atoms with E-state index in [1.807, 2.05) is 12.1 Å². The van der Waals surface area contributed by atoms with Crippen molar-refractivity contribution in [2.45, 2.75) is 58.4 Å². The van der Waals surface area contributed by atoms with Crippen LogP contribution in [0.3, 0.4) is 0 Å². The lowest BCUT2D eigenvalue weighted by atomic mass is 9.77. The molecular formula is C25H35ClNO2+. The summed E-state index contributed by atoms with van der Waals surface area (Å²) in [7, 11) is 0. The highest BCUT2D eigenvalue weighted by molar-refractivity contribution is 6.30. The molecule has 0 aliphatic carbocycles. The average Bonchev–Trinajstić information content (AvgIpc) is 2.63. The molecular weight excluding hydrogens is 382 g/mol. The van der Waals surface area contributed by atoms with Crippen molar-refractivity contribution in [3.63, 3.8) is 0 Å². The number of morpholine rings is 1. The van der Waals surface area contributed by atoms with Crippen molar-refractivity contribution in [3.8, 4) is 5.75 Å². The van der Waals surface area contributed by atoms with Gasteiger partial charge >= 0.3 is 0 Å². The Hall–Kier alpha value is -1.55. The van der Waals surface area contributed by atoms with E-state index in [2.05, 4.69) is 65.8 Å². The zero-order valence-corrected chi connectivity index (χ0v) is 19.4. The Bertz CT molecular complexity index is 806. The summed E-state index contributed by atoms with van der Waals surface area (Å²) in [6.45, 7) is 16.5. The van der Waals surface area contributed by atoms with E-state index in [9.17, 15) is 5.11 Å². The summed E-state index contributed by atoms with van der Waals surface area (Å²) < 4.78 is 5.63. The van der Waals surface area contributed by atoms with Crippen molar-refractivity contribution in [2.24, 2.45) is 0 Å². The van der Waals surface area contributed by atoms with Crippen molar-refractivity contribution in [3.05, 3.63) is 63.7 Å². The summed E-state index contributed by atoms with van der Waals surface area (Å²) in [5, 5.41) is 11.9. The molecule has 29 heavy (non-hydrogen) atoms. The van der Waals surface area contributed by atoms with E-state index in [1.54, 1.807) is 0 Å². The lowest BCUT2D eigenvalue weighted by Crippen LogP contribution is -3.14. The number of quaternary nitrogens is 1. The highest BCUT2D eigenvalue weighted by Gasteiger charge is 2.33. The number of hydrogen-bond donors (Lipinski definition) is 2. The summed E-state index contributed by atoms with van der Waals surface area (Å²) in [5.41, 5.74) is 4.21. The zero-order valence-electron chi connectivity index (χ0n) is 18.6. The van der Waals surface area contributed by atoms with Crippen molar-refractivity contribution in [2.75, 3.05) is 26.3 Å². The SMILES string of the molecule is CC(C)(C)c1cc([C@@H](c2ccc(Cl)cc2)[NH+]2CCOCC2)cc(C(C)(C)C)c1O. The summed E-state index contributed by atoms with van der Waals surface area (Å²) in [5.74, 6) is 0.431. The molecule has 0 saturated carbocycles. The largest absolute Gasteiger partial charge is 0.507 e. The molecule has 4 heteroatoms. The molecule has 0 radical (unpaired) electrons. The lowest BCUT2D eigenvalue weighted by molar-refractivity contribution is -0.933.